The van der Waals surface area contributed by atoms with E-state index in [4.69, 9.17) is 4.74 Å². The molecule has 0 aliphatic rings. The molecule has 1 N–H and O–H groups in total. The van der Waals surface area contributed by atoms with Crippen molar-refractivity contribution in [1.29, 1.82) is 0 Å². The molecule has 5 nitrogen and oxygen atoms in total. The van der Waals surface area contributed by atoms with Crippen molar-refractivity contribution in [2.24, 2.45) is 0 Å². The highest BCUT2D eigenvalue weighted by molar-refractivity contribution is 6.01. The SMILES string of the molecule is O=[C]C(CC(=O)c1ccc2ccccc2c1)NC(=O)OCc1ccccc1. The molecule has 0 heterocycles. The molecule has 5 heteroatoms. The first-order valence-corrected chi connectivity index (χ1v) is 8.52. The van der Waals surface area contributed by atoms with Gasteiger partial charge in [0, 0.05) is 12.0 Å². The standard InChI is InChI=1S/C22H18NO4/c24-14-20(23-22(26)27-15-16-6-2-1-3-7-16)13-21(25)19-11-10-17-8-4-5-9-18(17)12-19/h1-12,20H,13,15H2,(H,23,26). The van der Waals surface area contributed by atoms with Crippen LogP contribution in [0.2, 0.25) is 0 Å². The second kappa shape index (κ2) is 8.76. The van der Waals surface area contributed by atoms with E-state index >= 15 is 0 Å². The van der Waals surface area contributed by atoms with Crippen molar-refractivity contribution in [2.45, 2.75) is 19.1 Å². The van der Waals surface area contributed by atoms with Crippen molar-refractivity contribution in [2.75, 3.05) is 0 Å². The van der Waals surface area contributed by atoms with Crippen molar-refractivity contribution in [1.82, 2.24) is 5.32 Å². The molecule has 3 aromatic carbocycles. The van der Waals surface area contributed by atoms with Gasteiger partial charge < -0.3 is 10.1 Å². The third-order valence-corrected chi connectivity index (χ3v) is 4.11. The first kappa shape index (κ1) is 18.3. The summed E-state index contributed by atoms with van der Waals surface area (Å²) >= 11 is 0. The van der Waals surface area contributed by atoms with Gasteiger partial charge >= 0.3 is 6.09 Å². The van der Waals surface area contributed by atoms with Crippen molar-refractivity contribution < 1.29 is 19.1 Å². The van der Waals surface area contributed by atoms with Crippen LogP contribution >= 0.6 is 0 Å². The summed E-state index contributed by atoms with van der Waals surface area (Å²) in [5.74, 6) is -0.252. The fraction of sp³-hybridized carbons (Fsp3) is 0.136. The molecule has 1 atom stereocenters. The number of amides is 1. The van der Waals surface area contributed by atoms with Gasteiger partial charge in [-0.1, -0.05) is 66.7 Å². The Kier molecular flexibility index (Phi) is 5.94. The lowest BCUT2D eigenvalue weighted by Gasteiger charge is -2.12. The Bertz CT molecular complexity index is 953. The van der Waals surface area contributed by atoms with Gasteiger partial charge in [0.15, 0.2) is 5.78 Å². The lowest BCUT2D eigenvalue weighted by Crippen LogP contribution is -2.37. The highest BCUT2D eigenvalue weighted by Crippen LogP contribution is 2.17. The van der Waals surface area contributed by atoms with Crippen LogP contribution in [-0.4, -0.2) is 24.2 Å². The predicted molar refractivity (Wildman–Crippen MR) is 102 cm³/mol. The predicted octanol–water partition coefficient (Wildman–Crippen LogP) is 3.82. The molecular weight excluding hydrogens is 342 g/mol. The Morgan fingerprint density at radius 3 is 2.37 bits per heavy atom. The number of hydrogen-bond donors (Lipinski definition) is 1. The highest BCUT2D eigenvalue weighted by Gasteiger charge is 2.18. The van der Waals surface area contributed by atoms with Crippen molar-refractivity contribution in [3.05, 3.63) is 83.9 Å². The quantitative estimate of drug-likeness (QED) is 0.650. The van der Waals surface area contributed by atoms with Crippen LogP contribution in [0.3, 0.4) is 0 Å². The molecule has 27 heavy (non-hydrogen) atoms. The van der Waals surface area contributed by atoms with Gasteiger partial charge in [0.1, 0.15) is 12.6 Å². The maximum absolute atomic E-state index is 12.4. The zero-order valence-corrected chi connectivity index (χ0v) is 14.6. The monoisotopic (exact) mass is 360 g/mol. The molecule has 1 radical (unpaired) electrons. The number of carbonyl (C=O) groups excluding carboxylic acids is 3. The maximum atomic E-state index is 12.4. The Balaban J connectivity index is 1.57. The molecular formula is C22H18NO4. The second-order valence-corrected chi connectivity index (χ2v) is 6.07. The molecule has 0 spiro atoms. The summed E-state index contributed by atoms with van der Waals surface area (Å²) in [4.78, 5) is 35.4. The van der Waals surface area contributed by atoms with E-state index in [1.54, 1.807) is 18.4 Å². The van der Waals surface area contributed by atoms with E-state index < -0.39 is 12.1 Å². The highest BCUT2D eigenvalue weighted by atomic mass is 16.5. The largest absolute Gasteiger partial charge is 0.445 e. The normalized spacial score (nSPS) is 11.6. The van der Waals surface area contributed by atoms with E-state index in [-0.39, 0.29) is 18.8 Å². The summed E-state index contributed by atoms with van der Waals surface area (Å²) in [6.07, 6.45) is 0.743. The first-order valence-electron chi connectivity index (χ1n) is 8.52. The van der Waals surface area contributed by atoms with Gasteiger partial charge in [-0.25, -0.2) is 4.79 Å². The fourth-order valence-electron chi connectivity index (χ4n) is 2.70. The van der Waals surface area contributed by atoms with Crippen LogP contribution in [0.1, 0.15) is 22.3 Å². The van der Waals surface area contributed by atoms with Crippen molar-refractivity contribution >= 4 is 28.9 Å². The van der Waals surface area contributed by atoms with Gasteiger partial charge in [0.05, 0.1) is 0 Å². The van der Waals surface area contributed by atoms with Crippen LogP contribution in [0.25, 0.3) is 10.8 Å². The smallest absolute Gasteiger partial charge is 0.408 e. The number of hydrogen-bond acceptors (Lipinski definition) is 4. The van der Waals surface area contributed by atoms with E-state index in [0.717, 1.165) is 16.3 Å². The minimum atomic E-state index is -1.06. The molecule has 3 rings (SSSR count). The first-order chi connectivity index (χ1) is 13.2. The number of carbonyl (C=O) groups is 2. The Labute approximate surface area is 157 Å². The Morgan fingerprint density at radius 2 is 1.63 bits per heavy atom. The average molecular weight is 360 g/mol. The van der Waals surface area contributed by atoms with E-state index in [1.165, 1.54) is 0 Å². The molecule has 0 aliphatic carbocycles. The number of rotatable bonds is 7. The molecule has 0 aliphatic heterocycles. The topological polar surface area (TPSA) is 72.5 Å². The van der Waals surface area contributed by atoms with Crippen LogP contribution in [0, 0.1) is 0 Å². The summed E-state index contributed by atoms with van der Waals surface area (Å²) < 4.78 is 5.07. The summed E-state index contributed by atoms with van der Waals surface area (Å²) in [6.45, 7) is 0.0802. The number of Topliss-reactive ketones (excluding diaryl/α,β-unsaturated/α-hetero) is 1. The van der Waals surface area contributed by atoms with Gasteiger partial charge in [-0.05, 0) is 22.4 Å². The van der Waals surface area contributed by atoms with Crippen LogP contribution in [-0.2, 0) is 16.1 Å². The van der Waals surface area contributed by atoms with Crippen LogP contribution in [0.15, 0.2) is 72.8 Å². The number of fused-ring (bicyclic) bond motifs is 1. The van der Waals surface area contributed by atoms with Gasteiger partial charge in [0.2, 0.25) is 6.29 Å². The number of alkyl carbamates (subject to hydrolysis) is 1. The molecule has 1 amide bonds. The van der Waals surface area contributed by atoms with E-state index in [0.29, 0.717) is 5.56 Å². The van der Waals surface area contributed by atoms with Crippen LogP contribution < -0.4 is 5.32 Å². The molecule has 0 fully saturated rings. The minimum absolute atomic E-state index is 0.0802. The molecule has 0 saturated carbocycles. The third kappa shape index (κ3) is 5.01. The molecule has 135 valence electrons. The van der Waals surface area contributed by atoms with Crippen LogP contribution in [0.4, 0.5) is 4.79 Å². The van der Waals surface area contributed by atoms with Gasteiger partial charge in [-0.3, -0.25) is 9.59 Å². The minimum Gasteiger partial charge on any atom is -0.445 e. The Hall–Kier alpha value is -3.47. The van der Waals surface area contributed by atoms with Crippen molar-refractivity contribution in [3.8, 4) is 0 Å². The molecule has 1 unspecified atom stereocenters. The number of benzene rings is 3. The summed E-state index contributed by atoms with van der Waals surface area (Å²) in [6, 6.07) is 21.1. The summed E-state index contributed by atoms with van der Waals surface area (Å²) in [7, 11) is 0. The Morgan fingerprint density at radius 1 is 0.926 bits per heavy atom. The fourth-order valence-corrected chi connectivity index (χ4v) is 2.70. The van der Waals surface area contributed by atoms with Crippen LogP contribution in [0.5, 0.6) is 0 Å². The second-order valence-electron chi connectivity index (χ2n) is 6.07. The number of ketones is 1. The zero-order valence-electron chi connectivity index (χ0n) is 14.6. The molecule has 0 aromatic heterocycles. The molecule has 0 bridgehead atoms. The lowest BCUT2D eigenvalue weighted by molar-refractivity contribution is 0.0973. The molecule has 3 aromatic rings. The van der Waals surface area contributed by atoms with Gasteiger partial charge in [0.25, 0.3) is 0 Å². The van der Waals surface area contributed by atoms with E-state index in [1.807, 2.05) is 60.7 Å². The maximum Gasteiger partial charge on any atom is 0.408 e. The van der Waals surface area contributed by atoms with Gasteiger partial charge in [-0.15, -0.1) is 0 Å². The number of ether oxygens (including phenoxy) is 1. The van der Waals surface area contributed by atoms with E-state index in [2.05, 4.69) is 5.32 Å². The third-order valence-electron chi connectivity index (χ3n) is 4.11. The zero-order chi connectivity index (χ0) is 19.1. The van der Waals surface area contributed by atoms with Gasteiger partial charge in [-0.2, -0.15) is 0 Å². The summed E-state index contributed by atoms with van der Waals surface area (Å²) in [5, 5.41) is 4.33. The summed E-state index contributed by atoms with van der Waals surface area (Å²) in [5.41, 5.74) is 1.31. The number of nitrogens with one attached hydrogen (secondary N) is 1. The average Bonchev–Trinajstić information content (AvgIpc) is 2.72. The van der Waals surface area contributed by atoms with E-state index in [9.17, 15) is 14.4 Å². The van der Waals surface area contributed by atoms with Crippen molar-refractivity contribution in [3.63, 3.8) is 0 Å². The lowest BCUT2D eigenvalue weighted by atomic mass is 10.0. The molecule has 0 saturated heterocycles.